The zero-order valence-electron chi connectivity index (χ0n) is 22.4. The number of halogens is 1. The number of hydrogen-bond donors (Lipinski definition) is 4. The molecule has 0 spiro atoms. The van der Waals surface area contributed by atoms with Gasteiger partial charge < -0.3 is 25.5 Å². The van der Waals surface area contributed by atoms with Gasteiger partial charge in [0.25, 0.3) is 0 Å². The van der Waals surface area contributed by atoms with Crippen LogP contribution in [-0.4, -0.2) is 76.4 Å². The van der Waals surface area contributed by atoms with Gasteiger partial charge in [-0.1, -0.05) is 6.08 Å². The molecule has 2 fully saturated rings. The van der Waals surface area contributed by atoms with E-state index in [2.05, 4.69) is 42.6 Å². The van der Waals surface area contributed by atoms with Crippen LogP contribution in [0, 0.1) is 11.4 Å². The van der Waals surface area contributed by atoms with Gasteiger partial charge in [0.05, 0.1) is 6.04 Å². The van der Waals surface area contributed by atoms with Crippen molar-refractivity contribution in [3.63, 3.8) is 0 Å². The molecule has 40 heavy (non-hydrogen) atoms. The molecular weight excluding hydrogens is 533 g/mol. The Hall–Kier alpha value is -3.42. The van der Waals surface area contributed by atoms with Crippen LogP contribution in [0.25, 0.3) is 0 Å². The van der Waals surface area contributed by atoms with Gasteiger partial charge in [-0.05, 0) is 74.0 Å². The molecule has 1 saturated carbocycles. The Kier molecular flexibility index (Phi) is 9.02. The van der Waals surface area contributed by atoms with Crippen LogP contribution in [0.2, 0.25) is 0 Å². The summed E-state index contributed by atoms with van der Waals surface area (Å²) in [5.41, 5.74) is 9.15. The molecule has 2 heterocycles. The molecule has 4 N–H and O–H groups in total. The molecule has 13 heteroatoms. The van der Waals surface area contributed by atoms with Crippen LogP contribution in [0.5, 0.6) is 0 Å². The van der Waals surface area contributed by atoms with Crippen LogP contribution in [0.1, 0.15) is 32.1 Å². The Bertz CT molecular complexity index is 1280. The average Bonchev–Trinajstić information content (AvgIpc) is 3.80. The predicted molar refractivity (Wildman–Crippen MR) is 151 cm³/mol. The second-order valence-corrected chi connectivity index (χ2v) is 11.3. The lowest BCUT2D eigenvalue weighted by molar-refractivity contribution is -0.117. The smallest absolute Gasteiger partial charge is 0.231 e. The van der Waals surface area contributed by atoms with Gasteiger partial charge in [0.15, 0.2) is 5.16 Å². The highest BCUT2D eigenvalue weighted by Gasteiger charge is 2.29. The zero-order valence-corrected chi connectivity index (χ0v) is 23.2. The number of piperazine rings is 1. The van der Waals surface area contributed by atoms with Crippen molar-refractivity contribution < 1.29 is 14.3 Å². The predicted octanol–water partition coefficient (Wildman–Crippen LogP) is 4.22. The molecule has 5 rings (SSSR count). The van der Waals surface area contributed by atoms with Crippen LogP contribution in [0.4, 0.5) is 22.0 Å². The molecule has 1 aromatic carbocycles. The number of aliphatic hydroxyl groups is 1. The number of nitrogens with one attached hydrogen (secondary N) is 3. The summed E-state index contributed by atoms with van der Waals surface area (Å²) in [6, 6.07) is 6.96. The third kappa shape index (κ3) is 7.61. The number of carbonyl (C=O) groups excluding carboxylic acids is 1. The van der Waals surface area contributed by atoms with Gasteiger partial charge in [-0.3, -0.25) is 4.79 Å². The summed E-state index contributed by atoms with van der Waals surface area (Å²) in [5.74, 6) is 0.742. The highest BCUT2D eigenvalue weighted by atomic mass is 32.2. The summed E-state index contributed by atoms with van der Waals surface area (Å²) in [5, 5.41) is 20.8. The van der Waals surface area contributed by atoms with Crippen molar-refractivity contribution in [1.29, 1.82) is 5.53 Å². The molecule has 1 saturated heterocycles. The van der Waals surface area contributed by atoms with Crippen LogP contribution in [-0.2, 0) is 4.79 Å². The molecule has 0 radical (unpaired) electrons. The summed E-state index contributed by atoms with van der Waals surface area (Å²) >= 11 is 1.36. The third-order valence-electron chi connectivity index (χ3n) is 7.11. The number of nitrogens with zero attached hydrogens (tertiary/aromatic N) is 6. The van der Waals surface area contributed by atoms with E-state index in [9.17, 15) is 14.3 Å². The highest BCUT2D eigenvalue weighted by molar-refractivity contribution is 7.99. The van der Waals surface area contributed by atoms with E-state index in [0.29, 0.717) is 17.5 Å². The van der Waals surface area contributed by atoms with Crippen molar-refractivity contribution in [1.82, 2.24) is 19.9 Å². The number of anilines is 3. The minimum atomic E-state index is -1.08. The molecule has 1 amide bonds. The molecular formula is C27H34FN9O2S. The van der Waals surface area contributed by atoms with E-state index in [1.165, 1.54) is 17.8 Å². The van der Waals surface area contributed by atoms with Gasteiger partial charge in [-0.25, -0.2) is 9.92 Å². The normalized spacial score (nSPS) is 19.3. The lowest BCUT2D eigenvalue weighted by Crippen LogP contribution is -2.45. The maximum Gasteiger partial charge on any atom is 0.231 e. The monoisotopic (exact) mass is 567 g/mol. The quantitative estimate of drug-likeness (QED) is 0.178. The SMILES string of the molecule is CN1CCN(c2nc(NC(O)CC(N=N)C3=CCC(F)=CC3)nc(Sc3ccc(NC(=O)C4CC4)cc3)n2)CC1. The fraction of sp³-hybridized carbons (Fsp3) is 0.481. The number of allylic oxidation sites excluding steroid dienone is 3. The maximum atomic E-state index is 13.4. The van der Waals surface area contributed by atoms with E-state index in [1.54, 1.807) is 6.08 Å². The largest absolute Gasteiger partial charge is 0.374 e. The number of likely N-dealkylation sites (N-methyl/N-ethyl adjacent to an activating group) is 1. The topological polar surface area (TPSA) is 143 Å². The molecule has 1 aliphatic heterocycles. The van der Waals surface area contributed by atoms with Gasteiger partial charge >= 0.3 is 0 Å². The summed E-state index contributed by atoms with van der Waals surface area (Å²) < 4.78 is 13.4. The highest BCUT2D eigenvalue weighted by Crippen LogP contribution is 2.32. The molecule has 2 atom stereocenters. The van der Waals surface area contributed by atoms with Crippen molar-refractivity contribution in [2.75, 3.05) is 48.8 Å². The molecule has 11 nitrogen and oxygen atoms in total. The van der Waals surface area contributed by atoms with E-state index < -0.39 is 12.3 Å². The van der Waals surface area contributed by atoms with Crippen molar-refractivity contribution in [3.8, 4) is 0 Å². The second-order valence-electron chi connectivity index (χ2n) is 10.3. The van der Waals surface area contributed by atoms with E-state index in [-0.39, 0.29) is 36.4 Å². The number of aromatic nitrogens is 3. The molecule has 212 valence electrons. The lowest BCUT2D eigenvalue weighted by atomic mass is 9.96. The Morgan fingerprint density at radius 1 is 1.15 bits per heavy atom. The van der Waals surface area contributed by atoms with Gasteiger partial charge in [-0.2, -0.15) is 20.1 Å². The molecule has 1 aromatic heterocycles. The first kappa shape index (κ1) is 28.1. The Balaban J connectivity index is 1.29. The van der Waals surface area contributed by atoms with E-state index in [0.717, 1.165) is 55.2 Å². The Morgan fingerprint density at radius 2 is 1.90 bits per heavy atom. The minimum absolute atomic E-state index is 0.0628. The Morgan fingerprint density at radius 3 is 2.55 bits per heavy atom. The first-order valence-electron chi connectivity index (χ1n) is 13.5. The first-order chi connectivity index (χ1) is 19.4. The summed E-state index contributed by atoms with van der Waals surface area (Å²) in [6.07, 6.45) is 4.72. The number of amides is 1. The summed E-state index contributed by atoms with van der Waals surface area (Å²) in [4.78, 5) is 31.1. The molecule has 2 unspecified atom stereocenters. The molecule has 2 aromatic rings. The van der Waals surface area contributed by atoms with Gasteiger partial charge in [0, 0.05) is 55.5 Å². The fourth-order valence-electron chi connectivity index (χ4n) is 4.51. The zero-order chi connectivity index (χ0) is 28.1. The molecule has 3 aliphatic rings. The maximum absolute atomic E-state index is 13.4. The summed E-state index contributed by atoms with van der Waals surface area (Å²) in [6.45, 7) is 3.29. The van der Waals surface area contributed by atoms with Crippen LogP contribution < -0.4 is 15.5 Å². The van der Waals surface area contributed by atoms with Gasteiger partial charge in [0.2, 0.25) is 17.8 Å². The molecule has 0 bridgehead atoms. The van der Waals surface area contributed by atoms with E-state index in [1.807, 2.05) is 24.3 Å². The first-order valence-corrected chi connectivity index (χ1v) is 14.3. The average molecular weight is 568 g/mol. The number of rotatable bonds is 11. The number of hydrogen-bond acceptors (Lipinski definition) is 11. The van der Waals surface area contributed by atoms with Crippen molar-refractivity contribution >= 4 is 35.3 Å². The van der Waals surface area contributed by atoms with Crippen molar-refractivity contribution in [2.45, 2.75) is 54.4 Å². The van der Waals surface area contributed by atoms with Crippen LogP contribution >= 0.6 is 11.8 Å². The van der Waals surface area contributed by atoms with Crippen LogP contribution in [0.3, 0.4) is 0 Å². The third-order valence-corrected chi connectivity index (χ3v) is 7.99. The minimum Gasteiger partial charge on any atom is -0.374 e. The number of aliphatic hydroxyl groups excluding tert-OH is 1. The van der Waals surface area contributed by atoms with E-state index in [4.69, 9.17) is 10.5 Å². The number of carbonyl (C=O) groups is 1. The lowest BCUT2D eigenvalue weighted by Gasteiger charge is -2.32. The Labute approximate surface area is 236 Å². The van der Waals surface area contributed by atoms with Gasteiger partial charge in [-0.15, -0.1) is 0 Å². The second kappa shape index (κ2) is 12.8. The van der Waals surface area contributed by atoms with Crippen molar-refractivity contribution in [3.05, 3.63) is 47.8 Å². The van der Waals surface area contributed by atoms with Gasteiger partial charge in [0.1, 0.15) is 12.1 Å². The number of benzene rings is 1. The molecule has 2 aliphatic carbocycles. The van der Waals surface area contributed by atoms with E-state index >= 15 is 0 Å². The standard InChI is InChI=1S/C27H34FN9O2S/c1-36-12-14-37(15-13-36)26-32-25(31-23(38)16-22(35-29)17-4-6-19(28)7-5-17)33-27(34-26)40-21-10-8-20(9-11-21)30-24(39)18-2-3-18/h4,7-11,18,22-23,29,38H,2-3,5-6,12-16H2,1H3,(H,30,39)(H,31,32,33,34). The van der Waals surface area contributed by atoms with Crippen LogP contribution in [0.15, 0.2) is 63.0 Å². The fourth-order valence-corrected chi connectivity index (χ4v) is 5.25. The van der Waals surface area contributed by atoms with Crippen molar-refractivity contribution in [2.24, 2.45) is 11.0 Å². The summed E-state index contributed by atoms with van der Waals surface area (Å²) in [7, 11) is 2.08.